The third kappa shape index (κ3) is 3.49. The average molecular weight is 267 g/mol. The molecule has 1 heteroatoms. The summed E-state index contributed by atoms with van der Waals surface area (Å²) in [5.41, 5.74) is 2.61. The summed E-state index contributed by atoms with van der Waals surface area (Å²) in [5.74, 6) is 1.10. The molecule has 0 heterocycles. The monoisotopic (exact) mass is 266 g/mol. The van der Waals surface area contributed by atoms with Crippen LogP contribution in [-0.4, -0.2) is 0 Å². The largest absolute Gasteiger partial charge is 0.0961 e. The number of rotatable bonds is 3. The van der Waals surface area contributed by atoms with E-state index in [9.17, 15) is 0 Å². The van der Waals surface area contributed by atoms with Gasteiger partial charge in [-0.15, -0.1) is 0 Å². The predicted molar refractivity (Wildman–Crippen MR) is 72.0 cm³/mol. The first-order valence-electron chi connectivity index (χ1n) is 5.46. The topological polar surface area (TPSA) is 0 Å². The van der Waals surface area contributed by atoms with Crippen molar-refractivity contribution >= 4 is 15.9 Å². The first kappa shape index (κ1) is 12.5. The van der Waals surface area contributed by atoms with E-state index >= 15 is 0 Å². The summed E-state index contributed by atoms with van der Waals surface area (Å²) >= 11 is 3.52. The molecular formula is C14H19Br. The van der Waals surface area contributed by atoms with Crippen molar-refractivity contribution in [2.45, 2.75) is 27.2 Å². The van der Waals surface area contributed by atoms with E-state index in [4.69, 9.17) is 0 Å². The number of hydrogen-bond donors (Lipinski definition) is 0. The first-order valence-corrected chi connectivity index (χ1v) is 6.25. The van der Waals surface area contributed by atoms with Gasteiger partial charge in [-0.3, -0.25) is 0 Å². The molecule has 1 rings (SSSR count). The average Bonchev–Trinajstić information content (AvgIpc) is 2.14. The van der Waals surface area contributed by atoms with Crippen molar-refractivity contribution in [1.29, 1.82) is 0 Å². The minimum atomic E-state index is 0.535. The van der Waals surface area contributed by atoms with Gasteiger partial charge in [-0.2, -0.15) is 0 Å². The van der Waals surface area contributed by atoms with Gasteiger partial charge in [0, 0.05) is 10.4 Å². The van der Waals surface area contributed by atoms with Crippen LogP contribution in [0.3, 0.4) is 0 Å². The van der Waals surface area contributed by atoms with Gasteiger partial charge in [0.05, 0.1) is 0 Å². The number of halogens is 1. The Morgan fingerprint density at radius 2 is 2.27 bits per heavy atom. The number of hydrogen-bond acceptors (Lipinski definition) is 0. The second-order valence-corrected chi connectivity index (χ2v) is 5.13. The van der Waals surface area contributed by atoms with Gasteiger partial charge in [-0.25, -0.2) is 0 Å². The Morgan fingerprint density at radius 1 is 1.60 bits per heavy atom. The van der Waals surface area contributed by atoms with E-state index in [1.54, 1.807) is 0 Å². The van der Waals surface area contributed by atoms with Crippen molar-refractivity contribution in [3.8, 4) is 0 Å². The van der Waals surface area contributed by atoms with Crippen LogP contribution in [0.5, 0.6) is 0 Å². The van der Waals surface area contributed by atoms with E-state index in [1.165, 1.54) is 10.1 Å². The second kappa shape index (κ2) is 5.50. The van der Waals surface area contributed by atoms with Crippen molar-refractivity contribution in [3.63, 3.8) is 0 Å². The molecule has 0 aromatic carbocycles. The highest BCUT2D eigenvalue weighted by Crippen LogP contribution is 2.32. The molecule has 0 bridgehead atoms. The molecule has 0 aromatic heterocycles. The zero-order valence-corrected chi connectivity index (χ0v) is 11.3. The fraction of sp³-hybridized carbons (Fsp3) is 0.429. The Hall–Kier alpha value is -0.560. The van der Waals surface area contributed by atoms with Gasteiger partial charge in [0.2, 0.25) is 0 Å². The van der Waals surface area contributed by atoms with Gasteiger partial charge < -0.3 is 0 Å². The summed E-state index contributed by atoms with van der Waals surface area (Å²) < 4.78 is 1.19. The molecule has 2 unspecified atom stereocenters. The van der Waals surface area contributed by atoms with Gasteiger partial charge in [0.15, 0.2) is 0 Å². The summed E-state index contributed by atoms with van der Waals surface area (Å²) in [4.78, 5) is 0. The molecule has 1 aliphatic carbocycles. The standard InChI is InChI=1S/C14H19Br/c1-5-12(8-10(2)3)14-7-6-13(15)9-11(14)4/h6-9,11,14H,2,5H2,1,3-4H3/b12-8-. The van der Waals surface area contributed by atoms with E-state index in [2.05, 4.69) is 67.6 Å². The molecule has 0 spiro atoms. The van der Waals surface area contributed by atoms with Crippen molar-refractivity contribution < 1.29 is 0 Å². The van der Waals surface area contributed by atoms with Crippen LogP contribution >= 0.6 is 15.9 Å². The summed E-state index contributed by atoms with van der Waals surface area (Å²) in [6.45, 7) is 10.5. The summed E-state index contributed by atoms with van der Waals surface area (Å²) in [7, 11) is 0. The summed E-state index contributed by atoms with van der Waals surface area (Å²) in [6.07, 6.45) is 10.0. The van der Waals surface area contributed by atoms with Gasteiger partial charge >= 0.3 is 0 Å². The van der Waals surface area contributed by atoms with Crippen LogP contribution in [0.1, 0.15) is 27.2 Å². The van der Waals surface area contributed by atoms with E-state index < -0.39 is 0 Å². The molecule has 0 aromatic rings. The Morgan fingerprint density at radius 3 is 2.73 bits per heavy atom. The van der Waals surface area contributed by atoms with Crippen molar-refractivity contribution in [1.82, 2.24) is 0 Å². The molecule has 0 amide bonds. The fourth-order valence-corrected chi connectivity index (χ4v) is 2.56. The lowest BCUT2D eigenvalue weighted by Gasteiger charge is -2.24. The highest BCUT2D eigenvalue weighted by Gasteiger charge is 2.18. The van der Waals surface area contributed by atoms with Crippen LogP contribution in [0.15, 0.2) is 46.5 Å². The molecule has 0 nitrogen and oxygen atoms in total. The maximum Gasteiger partial charge on any atom is 0.0135 e. The van der Waals surface area contributed by atoms with Crippen LogP contribution in [0.25, 0.3) is 0 Å². The summed E-state index contributed by atoms with van der Waals surface area (Å²) in [5, 5.41) is 0. The van der Waals surface area contributed by atoms with E-state index in [-0.39, 0.29) is 0 Å². The van der Waals surface area contributed by atoms with Crippen molar-refractivity contribution in [3.05, 3.63) is 46.5 Å². The van der Waals surface area contributed by atoms with Gasteiger partial charge in [0.1, 0.15) is 0 Å². The van der Waals surface area contributed by atoms with Crippen molar-refractivity contribution in [2.24, 2.45) is 11.8 Å². The zero-order valence-electron chi connectivity index (χ0n) is 9.76. The normalized spacial score (nSPS) is 26.4. The van der Waals surface area contributed by atoms with E-state index in [1.807, 2.05) is 0 Å². The van der Waals surface area contributed by atoms with Crippen LogP contribution in [0, 0.1) is 11.8 Å². The predicted octanol–water partition coefficient (Wildman–Crippen LogP) is 5.00. The Kier molecular flexibility index (Phi) is 4.59. The minimum Gasteiger partial charge on any atom is -0.0961 e. The summed E-state index contributed by atoms with van der Waals surface area (Å²) in [6, 6.07) is 0. The molecule has 0 aliphatic heterocycles. The van der Waals surface area contributed by atoms with Crippen LogP contribution in [0.4, 0.5) is 0 Å². The highest BCUT2D eigenvalue weighted by atomic mass is 79.9. The Balaban J connectivity index is 2.89. The third-order valence-electron chi connectivity index (χ3n) is 2.72. The maximum absolute atomic E-state index is 3.95. The van der Waals surface area contributed by atoms with Gasteiger partial charge in [0.25, 0.3) is 0 Å². The molecule has 0 fully saturated rings. The molecule has 0 N–H and O–H groups in total. The molecule has 0 saturated heterocycles. The smallest absolute Gasteiger partial charge is 0.0135 e. The Bertz CT molecular complexity index is 331. The minimum absolute atomic E-state index is 0.535. The van der Waals surface area contributed by atoms with Crippen molar-refractivity contribution in [2.75, 3.05) is 0 Å². The lowest BCUT2D eigenvalue weighted by atomic mass is 9.82. The van der Waals surface area contributed by atoms with Gasteiger partial charge in [-0.1, -0.05) is 71.8 Å². The molecule has 1 aliphatic rings. The van der Waals surface area contributed by atoms with Gasteiger partial charge in [-0.05, 0) is 19.3 Å². The lowest BCUT2D eigenvalue weighted by molar-refractivity contribution is 0.561. The van der Waals surface area contributed by atoms with Crippen LogP contribution in [-0.2, 0) is 0 Å². The quantitative estimate of drug-likeness (QED) is 0.631. The fourth-order valence-electron chi connectivity index (χ4n) is 1.99. The second-order valence-electron chi connectivity index (χ2n) is 4.21. The first-order chi connectivity index (χ1) is 7.04. The van der Waals surface area contributed by atoms with E-state index in [0.717, 1.165) is 12.0 Å². The molecule has 15 heavy (non-hydrogen) atoms. The SMILES string of the molecule is C=C(C)/C=C(/CC)C1C=CC(Br)=CC1C. The third-order valence-corrected chi connectivity index (χ3v) is 3.25. The molecule has 2 atom stereocenters. The molecule has 0 saturated carbocycles. The Labute approximate surface area is 102 Å². The molecule has 82 valence electrons. The zero-order chi connectivity index (χ0) is 11.4. The molecular weight excluding hydrogens is 248 g/mol. The maximum atomic E-state index is 3.95. The van der Waals surface area contributed by atoms with Crippen LogP contribution < -0.4 is 0 Å². The van der Waals surface area contributed by atoms with E-state index in [0.29, 0.717) is 11.8 Å². The highest BCUT2D eigenvalue weighted by molar-refractivity contribution is 9.11. The molecule has 0 radical (unpaired) electrons. The lowest BCUT2D eigenvalue weighted by Crippen LogP contribution is -2.12. The van der Waals surface area contributed by atoms with Crippen LogP contribution in [0.2, 0.25) is 0 Å². The number of allylic oxidation sites excluding steroid dienone is 7.